The van der Waals surface area contributed by atoms with E-state index in [1.165, 1.54) is 0 Å². The van der Waals surface area contributed by atoms with Crippen molar-refractivity contribution < 1.29 is 9.53 Å². The lowest BCUT2D eigenvalue weighted by Gasteiger charge is -2.21. The molecule has 4 heteroatoms. The average Bonchev–Trinajstić information content (AvgIpc) is 2.33. The molecule has 0 radical (unpaired) electrons. The second-order valence-corrected chi connectivity index (χ2v) is 5.64. The van der Waals surface area contributed by atoms with Crippen LogP contribution in [0.4, 0.5) is 0 Å². The molecule has 0 aromatic heterocycles. The Morgan fingerprint density at radius 3 is 2.53 bits per heavy atom. The van der Waals surface area contributed by atoms with E-state index in [4.69, 9.17) is 4.74 Å². The molecule has 1 aromatic rings. The number of carbonyl (C=O) groups excluding carboxylic acids is 1. The van der Waals surface area contributed by atoms with E-state index in [0.717, 1.165) is 11.3 Å². The van der Waals surface area contributed by atoms with Crippen LogP contribution in [0.2, 0.25) is 0 Å². The minimum Gasteiger partial charge on any atom is -0.483 e. The molecular formula is C15H24N2O2. The summed E-state index contributed by atoms with van der Waals surface area (Å²) in [6.45, 7) is 7.92. The molecule has 106 valence electrons. The molecule has 0 saturated heterocycles. The summed E-state index contributed by atoms with van der Waals surface area (Å²) in [7, 11) is 1.90. The van der Waals surface area contributed by atoms with Gasteiger partial charge in [0.1, 0.15) is 5.75 Å². The Bertz CT molecular complexity index is 424. The number of hydrogen-bond donors (Lipinski definition) is 2. The number of nitrogens with one attached hydrogen (secondary N) is 2. The van der Waals surface area contributed by atoms with Crippen LogP contribution in [0.25, 0.3) is 0 Å². The molecule has 0 fully saturated rings. The first kappa shape index (κ1) is 15.5. The molecule has 1 atom stereocenters. The Labute approximate surface area is 115 Å². The Morgan fingerprint density at radius 1 is 1.32 bits per heavy atom. The van der Waals surface area contributed by atoms with E-state index in [1.807, 2.05) is 52.1 Å². The van der Waals surface area contributed by atoms with Crippen molar-refractivity contribution in [3.63, 3.8) is 0 Å². The van der Waals surface area contributed by atoms with E-state index in [1.54, 1.807) is 0 Å². The number of ether oxygens (including phenoxy) is 1. The van der Waals surface area contributed by atoms with Crippen molar-refractivity contribution in [1.29, 1.82) is 0 Å². The van der Waals surface area contributed by atoms with Crippen LogP contribution in [-0.4, -0.2) is 25.1 Å². The highest BCUT2D eigenvalue weighted by Crippen LogP contribution is 2.24. The van der Waals surface area contributed by atoms with Gasteiger partial charge in [-0.15, -0.1) is 0 Å². The first-order valence-corrected chi connectivity index (χ1v) is 6.53. The minimum absolute atomic E-state index is 0.0325. The quantitative estimate of drug-likeness (QED) is 0.857. The number of benzene rings is 1. The maximum absolute atomic E-state index is 11.7. The van der Waals surface area contributed by atoms with Crippen LogP contribution in [0, 0.1) is 0 Å². The van der Waals surface area contributed by atoms with Crippen LogP contribution in [0.15, 0.2) is 24.3 Å². The molecule has 0 aliphatic heterocycles. The number of hydrogen-bond acceptors (Lipinski definition) is 3. The van der Waals surface area contributed by atoms with Crippen molar-refractivity contribution >= 4 is 5.91 Å². The molecule has 1 aromatic carbocycles. The van der Waals surface area contributed by atoms with E-state index in [9.17, 15) is 4.79 Å². The highest BCUT2D eigenvalue weighted by Gasteiger charge is 2.15. The van der Waals surface area contributed by atoms with Crippen molar-refractivity contribution in [2.75, 3.05) is 13.7 Å². The summed E-state index contributed by atoms with van der Waals surface area (Å²) in [5.74, 6) is 0.632. The van der Waals surface area contributed by atoms with Crippen molar-refractivity contribution in [2.24, 2.45) is 0 Å². The highest BCUT2D eigenvalue weighted by atomic mass is 16.5. The number of amides is 1. The van der Waals surface area contributed by atoms with Gasteiger partial charge in [0.2, 0.25) is 0 Å². The van der Waals surface area contributed by atoms with Gasteiger partial charge in [-0.2, -0.15) is 0 Å². The van der Waals surface area contributed by atoms with Gasteiger partial charge in [-0.1, -0.05) is 18.2 Å². The Morgan fingerprint density at radius 2 is 1.95 bits per heavy atom. The predicted molar refractivity (Wildman–Crippen MR) is 77.3 cm³/mol. The van der Waals surface area contributed by atoms with Crippen LogP contribution in [0.3, 0.4) is 0 Å². The van der Waals surface area contributed by atoms with Gasteiger partial charge in [0.15, 0.2) is 6.61 Å². The fourth-order valence-corrected chi connectivity index (χ4v) is 1.72. The summed E-state index contributed by atoms with van der Waals surface area (Å²) >= 11 is 0. The molecule has 0 saturated carbocycles. The fourth-order valence-electron chi connectivity index (χ4n) is 1.72. The standard InChI is InChI=1S/C15H24N2O2/c1-11(16-5)12-8-6-7-9-13(12)19-10-14(18)17-15(2,3)4/h6-9,11,16H,10H2,1-5H3,(H,17,18). The van der Waals surface area contributed by atoms with Gasteiger partial charge < -0.3 is 15.4 Å². The molecule has 0 bridgehead atoms. The molecule has 1 amide bonds. The first-order valence-electron chi connectivity index (χ1n) is 6.53. The molecular weight excluding hydrogens is 240 g/mol. The molecule has 0 aliphatic carbocycles. The molecule has 1 rings (SSSR count). The zero-order valence-electron chi connectivity index (χ0n) is 12.4. The molecule has 0 spiro atoms. The molecule has 4 nitrogen and oxygen atoms in total. The summed E-state index contributed by atoms with van der Waals surface area (Å²) in [5, 5.41) is 6.04. The minimum atomic E-state index is -0.238. The monoisotopic (exact) mass is 264 g/mol. The summed E-state index contributed by atoms with van der Waals surface area (Å²) in [6, 6.07) is 7.93. The lowest BCUT2D eigenvalue weighted by molar-refractivity contribution is -0.124. The van der Waals surface area contributed by atoms with E-state index >= 15 is 0 Å². The summed E-state index contributed by atoms with van der Waals surface area (Å²) in [6.07, 6.45) is 0. The van der Waals surface area contributed by atoms with E-state index < -0.39 is 0 Å². The normalized spacial score (nSPS) is 12.9. The van der Waals surface area contributed by atoms with Gasteiger partial charge in [-0.3, -0.25) is 4.79 Å². The molecule has 19 heavy (non-hydrogen) atoms. The van der Waals surface area contributed by atoms with Gasteiger partial charge in [0, 0.05) is 17.1 Å². The Hall–Kier alpha value is -1.55. The molecule has 0 aliphatic rings. The number of para-hydroxylation sites is 1. The van der Waals surface area contributed by atoms with E-state index in [-0.39, 0.29) is 24.1 Å². The molecule has 2 N–H and O–H groups in total. The van der Waals surface area contributed by atoms with Crippen molar-refractivity contribution in [3.8, 4) is 5.75 Å². The predicted octanol–water partition coefficient (Wildman–Crippen LogP) is 2.26. The third-order valence-corrected chi connectivity index (χ3v) is 2.69. The van der Waals surface area contributed by atoms with E-state index in [2.05, 4.69) is 17.6 Å². The maximum Gasteiger partial charge on any atom is 0.258 e. The smallest absolute Gasteiger partial charge is 0.258 e. The van der Waals surface area contributed by atoms with Crippen molar-refractivity contribution in [3.05, 3.63) is 29.8 Å². The summed E-state index contributed by atoms with van der Waals surface area (Å²) in [5.41, 5.74) is 0.812. The average molecular weight is 264 g/mol. The first-order chi connectivity index (χ1) is 8.83. The third-order valence-electron chi connectivity index (χ3n) is 2.69. The van der Waals surface area contributed by atoms with E-state index in [0.29, 0.717) is 0 Å². The van der Waals surface area contributed by atoms with Gasteiger partial charge in [0.05, 0.1) is 0 Å². The van der Waals surface area contributed by atoms with Crippen LogP contribution >= 0.6 is 0 Å². The second-order valence-electron chi connectivity index (χ2n) is 5.64. The SMILES string of the molecule is CNC(C)c1ccccc1OCC(=O)NC(C)(C)C. The van der Waals surface area contributed by atoms with Crippen molar-refractivity contribution in [1.82, 2.24) is 10.6 Å². The molecule has 1 unspecified atom stereocenters. The van der Waals surface area contributed by atoms with Gasteiger partial charge in [-0.05, 0) is 40.8 Å². The zero-order chi connectivity index (χ0) is 14.5. The second kappa shape index (κ2) is 6.57. The third kappa shape index (κ3) is 5.30. The van der Waals surface area contributed by atoms with Gasteiger partial charge >= 0.3 is 0 Å². The maximum atomic E-state index is 11.7. The van der Waals surface area contributed by atoms with Crippen LogP contribution in [0.5, 0.6) is 5.75 Å². The van der Waals surface area contributed by atoms with Crippen molar-refractivity contribution in [2.45, 2.75) is 39.3 Å². The number of rotatable bonds is 5. The van der Waals surface area contributed by atoms with Gasteiger partial charge in [-0.25, -0.2) is 0 Å². The Kier molecular flexibility index (Phi) is 5.36. The van der Waals surface area contributed by atoms with Crippen LogP contribution in [0.1, 0.15) is 39.3 Å². The lowest BCUT2D eigenvalue weighted by Crippen LogP contribution is -2.43. The summed E-state index contributed by atoms with van der Waals surface area (Å²) < 4.78 is 5.62. The Balaban J connectivity index is 2.65. The highest BCUT2D eigenvalue weighted by molar-refractivity contribution is 5.78. The van der Waals surface area contributed by atoms with Gasteiger partial charge in [0.25, 0.3) is 5.91 Å². The summed E-state index contributed by atoms with van der Waals surface area (Å²) in [4.78, 5) is 11.7. The molecule has 0 heterocycles. The number of carbonyl (C=O) groups is 1. The lowest BCUT2D eigenvalue weighted by atomic mass is 10.1. The zero-order valence-corrected chi connectivity index (χ0v) is 12.4. The van der Waals surface area contributed by atoms with Crippen LogP contribution in [-0.2, 0) is 4.79 Å². The van der Waals surface area contributed by atoms with Crippen LogP contribution < -0.4 is 15.4 Å². The fraction of sp³-hybridized carbons (Fsp3) is 0.533. The largest absolute Gasteiger partial charge is 0.483 e. The topological polar surface area (TPSA) is 50.4 Å².